The molecular weight excluding hydrogens is 262 g/mol. The topological polar surface area (TPSA) is 73.3 Å². The fraction of sp³-hybridized carbons (Fsp3) is 0.600. The molecular formula is C10H15NO4S2. The first kappa shape index (κ1) is 14.1. The standard InChI is InChI=1S/C10H15NO4S2/c1-7(4-10(12)15-3)17(13,14)6-9-5-16-8(2)11-9/h5,7H,4,6H2,1-3H3. The Morgan fingerprint density at radius 2 is 2.24 bits per heavy atom. The van der Waals surface area contributed by atoms with Gasteiger partial charge in [-0.1, -0.05) is 0 Å². The van der Waals surface area contributed by atoms with Crippen molar-refractivity contribution in [2.45, 2.75) is 31.3 Å². The van der Waals surface area contributed by atoms with Crippen molar-refractivity contribution in [1.82, 2.24) is 4.98 Å². The molecule has 0 saturated carbocycles. The van der Waals surface area contributed by atoms with Gasteiger partial charge in [0.2, 0.25) is 0 Å². The number of esters is 1. The molecule has 0 fully saturated rings. The maximum atomic E-state index is 11.9. The van der Waals surface area contributed by atoms with Crippen molar-refractivity contribution in [3.05, 3.63) is 16.1 Å². The van der Waals surface area contributed by atoms with E-state index in [9.17, 15) is 13.2 Å². The van der Waals surface area contributed by atoms with E-state index in [1.54, 1.807) is 5.38 Å². The number of rotatable bonds is 5. The van der Waals surface area contributed by atoms with Gasteiger partial charge in [0.25, 0.3) is 0 Å². The van der Waals surface area contributed by atoms with Gasteiger partial charge in [-0.3, -0.25) is 4.79 Å². The molecule has 0 radical (unpaired) electrons. The van der Waals surface area contributed by atoms with Crippen LogP contribution in [0.15, 0.2) is 5.38 Å². The first-order chi connectivity index (χ1) is 7.85. The van der Waals surface area contributed by atoms with Crippen LogP contribution in [-0.4, -0.2) is 31.7 Å². The van der Waals surface area contributed by atoms with Crippen molar-refractivity contribution < 1.29 is 17.9 Å². The van der Waals surface area contributed by atoms with Gasteiger partial charge in [0.1, 0.15) is 0 Å². The Hall–Kier alpha value is -0.950. The third kappa shape index (κ3) is 4.08. The zero-order valence-corrected chi connectivity index (χ0v) is 11.6. The van der Waals surface area contributed by atoms with E-state index in [0.717, 1.165) is 5.01 Å². The molecule has 0 saturated heterocycles. The predicted molar refractivity (Wildman–Crippen MR) is 65.6 cm³/mol. The molecule has 0 aliphatic rings. The number of methoxy groups -OCH3 is 1. The van der Waals surface area contributed by atoms with E-state index < -0.39 is 21.1 Å². The maximum Gasteiger partial charge on any atom is 0.306 e. The second-order valence-electron chi connectivity index (χ2n) is 3.76. The second-order valence-corrected chi connectivity index (χ2v) is 7.24. The number of nitrogens with zero attached hydrogens (tertiary/aromatic N) is 1. The lowest BCUT2D eigenvalue weighted by Gasteiger charge is -2.10. The first-order valence-electron chi connectivity index (χ1n) is 5.04. The minimum atomic E-state index is -3.36. The highest BCUT2D eigenvalue weighted by molar-refractivity contribution is 7.91. The second kappa shape index (κ2) is 5.59. The van der Waals surface area contributed by atoms with Crippen LogP contribution in [-0.2, 0) is 25.1 Å². The van der Waals surface area contributed by atoms with Crippen molar-refractivity contribution >= 4 is 27.1 Å². The van der Waals surface area contributed by atoms with Gasteiger partial charge < -0.3 is 4.74 Å². The molecule has 0 amide bonds. The summed E-state index contributed by atoms with van der Waals surface area (Å²) in [6.45, 7) is 3.32. The summed E-state index contributed by atoms with van der Waals surface area (Å²) in [6, 6.07) is 0. The third-order valence-corrected chi connectivity index (χ3v) is 5.22. The van der Waals surface area contributed by atoms with E-state index in [2.05, 4.69) is 9.72 Å². The SMILES string of the molecule is COC(=O)CC(C)S(=O)(=O)Cc1csc(C)n1. The monoisotopic (exact) mass is 277 g/mol. The van der Waals surface area contributed by atoms with Gasteiger partial charge in [0, 0.05) is 5.38 Å². The lowest BCUT2D eigenvalue weighted by molar-refractivity contribution is -0.140. The smallest absolute Gasteiger partial charge is 0.306 e. The van der Waals surface area contributed by atoms with E-state index in [1.165, 1.54) is 25.4 Å². The molecule has 0 bridgehead atoms. The normalized spacial score (nSPS) is 13.4. The first-order valence-corrected chi connectivity index (χ1v) is 7.64. The van der Waals surface area contributed by atoms with Crippen LogP contribution < -0.4 is 0 Å². The summed E-state index contributed by atoms with van der Waals surface area (Å²) in [7, 11) is -2.12. The highest BCUT2D eigenvalue weighted by Crippen LogP contribution is 2.16. The van der Waals surface area contributed by atoms with Crippen LogP contribution in [0.25, 0.3) is 0 Å². The summed E-state index contributed by atoms with van der Waals surface area (Å²) in [4.78, 5) is 15.1. The Kier molecular flexibility index (Phi) is 4.64. The molecule has 7 heteroatoms. The number of ether oxygens (including phenoxy) is 1. The molecule has 1 heterocycles. The summed E-state index contributed by atoms with van der Waals surface area (Å²) in [5.74, 6) is -0.647. The van der Waals surface area contributed by atoms with Crippen molar-refractivity contribution in [2.24, 2.45) is 0 Å². The molecule has 1 aromatic rings. The van der Waals surface area contributed by atoms with Crippen molar-refractivity contribution in [3.63, 3.8) is 0 Å². The Morgan fingerprint density at radius 1 is 1.59 bits per heavy atom. The molecule has 5 nitrogen and oxygen atoms in total. The van der Waals surface area contributed by atoms with Crippen LogP contribution in [0.5, 0.6) is 0 Å². The van der Waals surface area contributed by atoms with E-state index in [1.807, 2.05) is 6.92 Å². The summed E-state index contributed by atoms with van der Waals surface area (Å²) >= 11 is 1.41. The minimum absolute atomic E-state index is 0.123. The van der Waals surface area contributed by atoms with Crippen LogP contribution >= 0.6 is 11.3 Å². The molecule has 0 aromatic carbocycles. The lowest BCUT2D eigenvalue weighted by atomic mass is 10.3. The fourth-order valence-corrected chi connectivity index (χ4v) is 3.22. The fourth-order valence-electron chi connectivity index (χ4n) is 1.27. The molecule has 0 aliphatic carbocycles. The summed E-state index contributed by atoms with van der Waals surface area (Å²) < 4.78 is 28.3. The zero-order valence-electron chi connectivity index (χ0n) is 9.97. The van der Waals surface area contributed by atoms with Gasteiger partial charge in [0.15, 0.2) is 9.84 Å². The highest BCUT2D eigenvalue weighted by Gasteiger charge is 2.25. The van der Waals surface area contributed by atoms with Crippen molar-refractivity contribution in [2.75, 3.05) is 7.11 Å². The zero-order chi connectivity index (χ0) is 13.1. The van der Waals surface area contributed by atoms with Gasteiger partial charge in [-0.2, -0.15) is 0 Å². The number of hydrogen-bond acceptors (Lipinski definition) is 6. The number of carbonyl (C=O) groups excluding carboxylic acids is 1. The van der Waals surface area contributed by atoms with Crippen LogP contribution in [0.1, 0.15) is 24.0 Å². The molecule has 17 heavy (non-hydrogen) atoms. The quantitative estimate of drug-likeness (QED) is 0.759. The summed E-state index contributed by atoms with van der Waals surface area (Å²) in [5.41, 5.74) is 0.532. The Morgan fingerprint density at radius 3 is 2.71 bits per heavy atom. The number of aromatic nitrogens is 1. The molecule has 1 rings (SSSR count). The van der Waals surface area contributed by atoms with E-state index in [-0.39, 0.29) is 12.2 Å². The lowest BCUT2D eigenvalue weighted by Crippen LogP contribution is -2.23. The van der Waals surface area contributed by atoms with Crippen LogP contribution in [0.2, 0.25) is 0 Å². The molecule has 1 unspecified atom stereocenters. The Labute approximate surface area is 105 Å². The van der Waals surface area contributed by atoms with Gasteiger partial charge in [-0.05, 0) is 13.8 Å². The molecule has 0 aliphatic heterocycles. The molecule has 0 spiro atoms. The minimum Gasteiger partial charge on any atom is -0.469 e. The van der Waals surface area contributed by atoms with Gasteiger partial charge in [-0.25, -0.2) is 13.4 Å². The van der Waals surface area contributed by atoms with Crippen LogP contribution in [0.3, 0.4) is 0 Å². The predicted octanol–water partition coefficient (Wildman–Crippen LogP) is 1.32. The van der Waals surface area contributed by atoms with E-state index >= 15 is 0 Å². The van der Waals surface area contributed by atoms with Gasteiger partial charge in [-0.15, -0.1) is 11.3 Å². The number of aryl methyl sites for hydroxylation is 1. The molecule has 1 aromatic heterocycles. The average Bonchev–Trinajstić information content (AvgIpc) is 2.62. The van der Waals surface area contributed by atoms with Crippen molar-refractivity contribution in [3.8, 4) is 0 Å². The molecule has 1 atom stereocenters. The number of thiazole rings is 1. The van der Waals surface area contributed by atoms with E-state index in [4.69, 9.17) is 0 Å². The Balaban J connectivity index is 2.71. The summed E-state index contributed by atoms with van der Waals surface area (Å²) in [5, 5.41) is 1.80. The van der Waals surface area contributed by atoms with Crippen LogP contribution in [0, 0.1) is 6.92 Å². The van der Waals surface area contributed by atoms with Gasteiger partial charge in [0.05, 0.1) is 35.2 Å². The van der Waals surface area contributed by atoms with E-state index in [0.29, 0.717) is 5.69 Å². The molecule has 0 N–H and O–H groups in total. The Bertz CT molecular complexity index is 492. The number of sulfone groups is 1. The van der Waals surface area contributed by atoms with Crippen LogP contribution in [0.4, 0.5) is 0 Å². The highest BCUT2D eigenvalue weighted by atomic mass is 32.2. The summed E-state index contributed by atoms with van der Waals surface area (Å²) in [6.07, 6.45) is -0.123. The maximum absolute atomic E-state index is 11.9. The van der Waals surface area contributed by atoms with Gasteiger partial charge >= 0.3 is 5.97 Å². The molecule has 96 valence electrons. The van der Waals surface area contributed by atoms with Crippen molar-refractivity contribution in [1.29, 1.82) is 0 Å². The largest absolute Gasteiger partial charge is 0.469 e. The number of hydrogen-bond donors (Lipinski definition) is 0. The average molecular weight is 277 g/mol. The number of carbonyl (C=O) groups is 1. The third-order valence-electron chi connectivity index (χ3n) is 2.31.